The van der Waals surface area contributed by atoms with Crippen LogP contribution in [0.4, 0.5) is 0 Å². The maximum atomic E-state index is 12.6. The molecule has 3 aliphatic rings. The normalized spacial score (nSPS) is 30.1. The third-order valence-electron chi connectivity index (χ3n) is 6.06. The summed E-state index contributed by atoms with van der Waals surface area (Å²) in [7, 11) is -3.49. The third kappa shape index (κ3) is 3.48. The van der Waals surface area contributed by atoms with Gasteiger partial charge in [0.05, 0.1) is 4.34 Å². The van der Waals surface area contributed by atoms with Crippen molar-refractivity contribution in [1.82, 2.24) is 9.21 Å². The van der Waals surface area contributed by atoms with Crippen molar-refractivity contribution in [3.63, 3.8) is 0 Å². The molecular formula is C17H23ClN2O3S2. The van der Waals surface area contributed by atoms with Crippen molar-refractivity contribution in [3.8, 4) is 0 Å². The van der Waals surface area contributed by atoms with E-state index in [1.54, 1.807) is 12.1 Å². The van der Waals surface area contributed by atoms with Crippen molar-refractivity contribution < 1.29 is 13.2 Å². The van der Waals surface area contributed by atoms with Gasteiger partial charge in [-0.15, -0.1) is 11.3 Å². The molecule has 0 radical (unpaired) electrons. The first kappa shape index (κ1) is 17.8. The first-order valence-corrected chi connectivity index (χ1v) is 11.6. The summed E-state index contributed by atoms with van der Waals surface area (Å²) in [5, 5.41) is 0. The van der Waals surface area contributed by atoms with Gasteiger partial charge in [-0.1, -0.05) is 18.0 Å². The number of rotatable bonds is 4. The number of sulfonamides is 1. The lowest BCUT2D eigenvalue weighted by molar-refractivity contribution is -0.133. The zero-order valence-corrected chi connectivity index (χ0v) is 16.5. The van der Waals surface area contributed by atoms with Gasteiger partial charge in [-0.2, -0.15) is 4.31 Å². The van der Waals surface area contributed by atoms with Crippen LogP contribution in [0.2, 0.25) is 4.34 Å². The van der Waals surface area contributed by atoms with E-state index >= 15 is 0 Å². The minimum absolute atomic E-state index is 0.203. The molecule has 1 aliphatic heterocycles. The van der Waals surface area contributed by atoms with Gasteiger partial charge in [0, 0.05) is 32.6 Å². The lowest BCUT2D eigenvalue weighted by Crippen LogP contribution is -2.50. The molecule has 2 saturated carbocycles. The molecule has 4 rings (SSSR count). The van der Waals surface area contributed by atoms with Gasteiger partial charge in [0.25, 0.3) is 10.0 Å². The van der Waals surface area contributed by atoms with E-state index in [9.17, 15) is 13.2 Å². The Bertz CT molecular complexity index is 756. The lowest BCUT2D eigenvalue weighted by Gasteiger charge is -2.34. The summed E-state index contributed by atoms with van der Waals surface area (Å²) in [6.07, 6.45) is 5.81. The standard InChI is InChI=1S/C17H23ClN2O3S2/c18-15-3-4-17(24-15)25(22,23)20-7-5-19(6-8-20)16(21)11-14-10-12-1-2-13(14)9-12/h3-4,12-14H,1-2,5-11H2. The van der Waals surface area contributed by atoms with Crippen LogP contribution in [0, 0.1) is 17.8 Å². The summed E-state index contributed by atoms with van der Waals surface area (Å²) in [6.45, 7) is 1.69. The molecule has 3 unspecified atom stereocenters. The van der Waals surface area contributed by atoms with Crippen molar-refractivity contribution in [2.75, 3.05) is 26.2 Å². The van der Waals surface area contributed by atoms with Gasteiger partial charge < -0.3 is 4.90 Å². The Balaban J connectivity index is 1.33. The molecule has 0 aromatic carbocycles. The maximum absolute atomic E-state index is 12.6. The van der Waals surface area contributed by atoms with Crippen LogP contribution in [0.5, 0.6) is 0 Å². The number of hydrogen-bond donors (Lipinski definition) is 0. The van der Waals surface area contributed by atoms with Crippen molar-refractivity contribution in [3.05, 3.63) is 16.5 Å². The Kier molecular flexibility index (Phi) is 4.86. The van der Waals surface area contributed by atoms with E-state index in [1.165, 1.54) is 30.0 Å². The molecule has 2 aliphatic carbocycles. The van der Waals surface area contributed by atoms with Gasteiger partial charge in [0.15, 0.2) is 0 Å². The van der Waals surface area contributed by atoms with Gasteiger partial charge in [-0.3, -0.25) is 4.79 Å². The van der Waals surface area contributed by atoms with E-state index in [-0.39, 0.29) is 10.1 Å². The summed E-state index contributed by atoms with van der Waals surface area (Å²) in [6, 6.07) is 3.16. The van der Waals surface area contributed by atoms with E-state index < -0.39 is 10.0 Å². The minimum atomic E-state index is -3.49. The van der Waals surface area contributed by atoms with Crippen molar-refractivity contribution >= 4 is 38.9 Å². The second kappa shape index (κ2) is 6.83. The van der Waals surface area contributed by atoms with Crippen molar-refractivity contribution in [2.45, 2.75) is 36.3 Å². The molecular weight excluding hydrogens is 380 g/mol. The highest BCUT2D eigenvalue weighted by atomic mass is 35.5. The Morgan fingerprint density at radius 1 is 1.16 bits per heavy atom. The number of carbonyl (C=O) groups is 1. The van der Waals surface area contributed by atoms with E-state index in [2.05, 4.69) is 0 Å². The average molecular weight is 403 g/mol. The number of fused-ring (bicyclic) bond motifs is 2. The summed E-state index contributed by atoms with van der Waals surface area (Å²) < 4.78 is 27.4. The van der Waals surface area contributed by atoms with Crippen LogP contribution >= 0.6 is 22.9 Å². The van der Waals surface area contributed by atoms with Crippen molar-refractivity contribution in [2.24, 2.45) is 17.8 Å². The van der Waals surface area contributed by atoms with Gasteiger partial charge in [-0.25, -0.2) is 8.42 Å². The van der Waals surface area contributed by atoms with Crippen LogP contribution in [0.25, 0.3) is 0 Å². The van der Waals surface area contributed by atoms with Gasteiger partial charge in [-0.05, 0) is 49.1 Å². The maximum Gasteiger partial charge on any atom is 0.252 e. The molecule has 3 atom stereocenters. The van der Waals surface area contributed by atoms with Gasteiger partial charge in [0.1, 0.15) is 4.21 Å². The Labute approximate surface area is 158 Å². The van der Waals surface area contributed by atoms with Crippen LogP contribution < -0.4 is 0 Å². The van der Waals surface area contributed by atoms with E-state index in [0.29, 0.717) is 42.9 Å². The molecule has 1 amide bonds. The van der Waals surface area contributed by atoms with Crippen LogP contribution in [0.15, 0.2) is 16.3 Å². The zero-order valence-electron chi connectivity index (χ0n) is 14.1. The Morgan fingerprint density at radius 3 is 2.48 bits per heavy atom. The molecule has 1 aromatic heterocycles. The number of nitrogens with zero attached hydrogens (tertiary/aromatic N) is 2. The lowest BCUT2D eigenvalue weighted by atomic mass is 9.86. The number of hydrogen-bond acceptors (Lipinski definition) is 4. The monoisotopic (exact) mass is 402 g/mol. The predicted octanol–water partition coefficient (Wildman–Crippen LogP) is 3.06. The molecule has 25 heavy (non-hydrogen) atoms. The number of halogens is 1. The molecule has 1 aromatic rings. The molecule has 0 spiro atoms. The second-order valence-electron chi connectivity index (χ2n) is 7.48. The van der Waals surface area contributed by atoms with E-state index in [1.807, 2.05) is 4.90 Å². The summed E-state index contributed by atoms with van der Waals surface area (Å²) in [5.74, 6) is 2.36. The quantitative estimate of drug-likeness (QED) is 0.777. The van der Waals surface area contributed by atoms with Crippen LogP contribution in [0.1, 0.15) is 32.1 Å². The largest absolute Gasteiger partial charge is 0.340 e. The molecule has 3 fully saturated rings. The Morgan fingerprint density at radius 2 is 1.92 bits per heavy atom. The van der Waals surface area contributed by atoms with Gasteiger partial charge >= 0.3 is 0 Å². The van der Waals surface area contributed by atoms with E-state index in [0.717, 1.165) is 23.2 Å². The number of piperazine rings is 1. The topological polar surface area (TPSA) is 57.7 Å². The molecule has 8 heteroatoms. The SMILES string of the molecule is O=C(CC1CC2CCC1C2)N1CCN(S(=O)(=O)c2ccc(Cl)s2)CC1. The Hall–Kier alpha value is -0.630. The number of carbonyl (C=O) groups excluding carboxylic acids is 1. The summed E-state index contributed by atoms with van der Waals surface area (Å²) >= 11 is 6.94. The van der Waals surface area contributed by atoms with Crippen LogP contribution in [0.3, 0.4) is 0 Å². The molecule has 0 N–H and O–H groups in total. The molecule has 138 valence electrons. The fourth-order valence-electron chi connectivity index (χ4n) is 4.72. The number of thiophene rings is 1. The molecule has 2 heterocycles. The smallest absolute Gasteiger partial charge is 0.252 e. The fourth-order valence-corrected chi connectivity index (χ4v) is 7.78. The third-order valence-corrected chi connectivity index (χ3v) is 9.65. The summed E-state index contributed by atoms with van der Waals surface area (Å²) in [5.41, 5.74) is 0. The first-order chi connectivity index (χ1) is 11.9. The molecule has 2 bridgehead atoms. The highest BCUT2D eigenvalue weighted by Gasteiger charge is 2.41. The minimum Gasteiger partial charge on any atom is -0.340 e. The summed E-state index contributed by atoms with van der Waals surface area (Å²) in [4.78, 5) is 14.4. The average Bonchev–Trinajstić information content (AvgIpc) is 3.32. The zero-order chi connectivity index (χ0) is 17.6. The molecule has 1 saturated heterocycles. The first-order valence-electron chi connectivity index (χ1n) is 8.97. The second-order valence-corrected chi connectivity index (χ2v) is 11.4. The highest BCUT2D eigenvalue weighted by molar-refractivity contribution is 7.91. The van der Waals surface area contributed by atoms with E-state index in [4.69, 9.17) is 11.6 Å². The number of amides is 1. The predicted molar refractivity (Wildman–Crippen MR) is 98.2 cm³/mol. The van der Waals surface area contributed by atoms with Crippen molar-refractivity contribution in [1.29, 1.82) is 0 Å². The van der Waals surface area contributed by atoms with Gasteiger partial charge in [0.2, 0.25) is 5.91 Å². The van der Waals surface area contributed by atoms with Crippen LogP contribution in [-0.2, 0) is 14.8 Å². The molecule has 5 nitrogen and oxygen atoms in total. The fraction of sp³-hybridized carbons (Fsp3) is 0.706. The van der Waals surface area contributed by atoms with Crippen LogP contribution in [-0.4, -0.2) is 49.7 Å². The highest BCUT2D eigenvalue weighted by Crippen LogP contribution is 2.49.